The van der Waals surface area contributed by atoms with Gasteiger partial charge in [-0.2, -0.15) is 8.78 Å². The number of aliphatic carboxylic acids is 1. The Morgan fingerprint density at radius 2 is 1.92 bits per heavy atom. The molecule has 8 heteroatoms. The van der Waals surface area contributed by atoms with Crippen LogP contribution < -0.4 is 4.74 Å². The zero-order valence-corrected chi connectivity index (χ0v) is 15.1. The fraction of sp³-hybridized carbons (Fsp3) is 0.588. The molecule has 5 nitrogen and oxygen atoms in total. The van der Waals surface area contributed by atoms with E-state index in [1.54, 1.807) is 24.3 Å². The highest BCUT2D eigenvalue weighted by Crippen LogP contribution is 2.20. The van der Waals surface area contributed by atoms with Crippen molar-refractivity contribution in [2.45, 2.75) is 39.0 Å². The van der Waals surface area contributed by atoms with Crippen molar-refractivity contribution in [2.24, 2.45) is 0 Å². The van der Waals surface area contributed by atoms with E-state index >= 15 is 0 Å². The first-order chi connectivity index (χ1) is 11.5. The van der Waals surface area contributed by atoms with Gasteiger partial charge < -0.3 is 9.84 Å². The minimum absolute atomic E-state index is 0. The summed E-state index contributed by atoms with van der Waals surface area (Å²) < 4.78 is 28.6. The van der Waals surface area contributed by atoms with Gasteiger partial charge in [0, 0.05) is 12.6 Å². The first kappa shape index (κ1) is 21.6. The second-order valence-corrected chi connectivity index (χ2v) is 5.99. The number of likely N-dealkylation sites (N-methyl/N-ethyl adjacent to an activating group) is 1. The van der Waals surface area contributed by atoms with E-state index in [-0.39, 0.29) is 24.7 Å². The summed E-state index contributed by atoms with van der Waals surface area (Å²) in [6.45, 7) is 2.56. The quantitative estimate of drug-likeness (QED) is 0.753. The number of carboxylic acid groups (broad SMARTS) is 1. The minimum Gasteiger partial charge on any atom is -0.480 e. The molecule has 0 amide bonds. The van der Waals surface area contributed by atoms with Crippen LogP contribution in [-0.4, -0.2) is 59.7 Å². The molecule has 1 aliphatic rings. The Hall–Kier alpha value is -1.44. The Morgan fingerprint density at radius 1 is 1.32 bits per heavy atom. The molecule has 1 saturated heterocycles. The lowest BCUT2D eigenvalue weighted by molar-refractivity contribution is -0.139. The third-order valence-corrected chi connectivity index (χ3v) is 4.37. The average Bonchev–Trinajstić information content (AvgIpc) is 2.54. The standard InChI is InChI=1S/C17H24F2N2O3.ClH/c1-2-21(12-16(22)23)14-7-9-20(10-8-14)11-13-3-5-15(6-4-13)24-17(18)19;/h3-6,14,17H,2,7-12H2,1H3,(H,22,23);1H. The van der Waals surface area contributed by atoms with Gasteiger partial charge in [0.15, 0.2) is 0 Å². The van der Waals surface area contributed by atoms with Crippen LogP contribution in [0.1, 0.15) is 25.3 Å². The number of piperidine rings is 1. The van der Waals surface area contributed by atoms with Crippen molar-refractivity contribution in [2.75, 3.05) is 26.2 Å². The molecule has 1 fully saturated rings. The van der Waals surface area contributed by atoms with Crippen LogP contribution in [0, 0.1) is 0 Å². The summed E-state index contributed by atoms with van der Waals surface area (Å²) in [5.41, 5.74) is 1.05. The molecule has 0 atom stereocenters. The number of likely N-dealkylation sites (tertiary alicyclic amines) is 1. The smallest absolute Gasteiger partial charge is 0.387 e. The SMILES string of the molecule is CCN(CC(=O)O)C1CCN(Cc2ccc(OC(F)F)cc2)CC1.Cl. The van der Waals surface area contributed by atoms with Gasteiger partial charge in [0.1, 0.15) is 5.75 Å². The number of hydrogen-bond acceptors (Lipinski definition) is 4. The van der Waals surface area contributed by atoms with Gasteiger partial charge in [0.05, 0.1) is 6.54 Å². The number of alkyl halides is 2. The average molecular weight is 379 g/mol. The van der Waals surface area contributed by atoms with Gasteiger partial charge >= 0.3 is 12.6 Å². The maximum atomic E-state index is 12.1. The van der Waals surface area contributed by atoms with Crippen LogP contribution in [-0.2, 0) is 11.3 Å². The molecule has 1 aromatic rings. The molecule has 0 radical (unpaired) electrons. The summed E-state index contributed by atoms with van der Waals surface area (Å²) in [6, 6.07) is 7.02. The van der Waals surface area contributed by atoms with Crippen LogP contribution in [0.3, 0.4) is 0 Å². The van der Waals surface area contributed by atoms with Gasteiger partial charge in [-0.1, -0.05) is 19.1 Å². The third kappa shape index (κ3) is 7.13. The minimum atomic E-state index is -2.80. The van der Waals surface area contributed by atoms with Gasteiger partial charge in [-0.25, -0.2) is 0 Å². The summed E-state index contributed by atoms with van der Waals surface area (Å²) in [7, 11) is 0. The van der Waals surface area contributed by atoms with Crippen molar-refractivity contribution in [1.82, 2.24) is 9.80 Å². The van der Waals surface area contributed by atoms with E-state index in [1.165, 1.54) is 0 Å². The molecule has 0 aliphatic carbocycles. The lowest BCUT2D eigenvalue weighted by atomic mass is 10.0. The molecular weight excluding hydrogens is 354 g/mol. The maximum absolute atomic E-state index is 12.1. The van der Waals surface area contributed by atoms with Crippen molar-refractivity contribution >= 4 is 18.4 Å². The number of benzene rings is 1. The molecule has 1 aromatic carbocycles. The third-order valence-electron chi connectivity index (χ3n) is 4.37. The lowest BCUT2D eigenvalue weighted by Gasteiger charge is -2.37. The van der Waals surface area contributed by atoms with Crippen LogP contribution in [0.5, 0.6) is 5.75 Å². The number of hydrogen-bond donors (Lipinski definition) is 1. The molecule has 1 heterocycles. The second kappa shape index (κ2) is 10.5. The zero-order valence-electron chi connectivity index (χ0n) is 14.2. The number of carboxylic acids is 1. The summed E-state index contributed by atoms with van der Waals surface area (Å²) in [4.78, 5) is 15.2. The van der Waals surface area contributed by atoms with Crippen LogP contribution >= 0.6 is 12.4 Å². The molecule has 2 rings (SSSR count). The van der Waals surface area contributed by atoms with E-state index in [4.69, 9.17) is 5.11 Å². The lowest BCUT2D eigenvalue weighted by Crippen LogP contribution is -2.46. The molecule has 142 valence electrons. The Bertz CT molecular complexity index is 523. The molecule has 1 aliphatic heterocycles. The van der Waals surface area contributed by atoms with E-state index in [0.717, 1.165) is 44.6 Å². The Kier molecular flexibility index (Phi) is 9.10. The van der Waals surface area contributed by atoms with Gasteiger partial charge in [-0.3, -0.25) is 14.6 Å². The van der Waals surface area contributed by atoms with Crippen LogP contribution in [0.2, 0.25) is 0 Å². The molecule has 0 saturated carbocycles. The summed E-state index contributed by atoms with van der Waals surface area (Å²) in [5, 5.41) is 8.96. The van der Waals surface area contributed by atoms with E-state index in [1.807, 2.05) is 11.8 Å². The summed E-state index contributed by atoms with van der Waals surface area (Å²) in [6.07, 6.45) is 1.88. The largest absolute Gasteiger partial charge is 0.480 e. The highest BCUT2D eigenvalue weighted by Gasteiger charge is 2.24. The Balaban J connectivity index is 0.00000312. The number of carbonyl (C=O) groups is 1. The van der Waals surface area contributed by atoms with Crippen molar-refractivity contribution in [3.8, 4) is 5.75 Å². The molecule has 0 spiro atoms. The van der Waals surface area contributed by atoms with Crippen molar-refractivity contribution in [3.63, 3.8) is 0 Å². The van der Waals surface area contributed by atoms with Gasteiger partial charge in [0.25, 0.3) is 0 Å². The number of rotatable bonds is 8. The van der Waals surface area contributed by atoms with E-state index in [2.05, 4.69) is 9.64 Å². The monoisotopic (exact) mass is 378 g/mol. The van der Waals surface area contributed by atoms with E-state index in [9.17, 15) is 13.6 Å². The van der Waals surface area contributed by atoms with Crippen LogP contribution in [0.15, 0.2) is 24.3 Å². The van der Waals surface area contributed by atoms with Crippen molar-refractivity contribution < 1.29 is 23.4 Å². The Morgan fingerprint density at radius 3 is 2.40 bits per heavy atom. The predicted molar refractivity (Wildman–Crippen MR) is 93.5 cm³/mol. The van der Waals surface area contributed by atoms with Gasteiger partial charge in [0.2, 0.25) is 0 Å². The van der Waals surface area contributed by atoms with Crippen LogP contribution in [0.25, 0.3) is 0 Å². The topological polar surface area (TPSA) is 53.0 Å². The van der Waals surface area contributed by atoms with Crippen molar-refractivity contribution in [3.05, 3.63) is 29.8 Å². The number of ether oxygens (including phenoxy) is 1. The normalized spacial score (nSPS) is 16.0. The molecule has 0 aromatic heterocycles. The highest BCUT2D eigenvalue weighted by atomic mass is 35.5. The molecule has 25 heavy (non-hydrogen) atoms. The first-order valence-corrected chi connectivity index (χ1v) is 8.20. The van der Waals surface area contributed by atoms with E-state index in [0.29, 0.717) is 6.04 Å². The molecule has 0 bridgehead atoms. The summed E-state index contributed by atoms with van der Waals surface area (Å²) >= 11 is 0. The van der Waals surface area contributed by atoms with Crippen LogP contribution in [0.4, 0.5) is 8.78 Å². The number of halogens is 3. The van der Waals surface area contributed by atoms with Gasteiger partial charge in [-0.15, -0.1) is 12.4 Å². The number of nitrogens with zero attached hydrogens (tertiary/aromatic N) is 2. The Labute approximate surface area is 153 Å². The second-order valence-electron chi connectivity index (χ2n) is 5.99. The first-order valence-electron chi connectivity index (χ1n) is 8.20. The fourth-order valence-electron chi connectivity index (χ4n) is 3.15. The van der Waals surface area contributed by atoms with Gasteiger partial charge in [-0.05, 0) is 50.2 Å². The predicted octanol–water partition coefficient (Wildman–Crippen LogP) is 3.08. The fourth-order valence-corrected chi connectivity index (χ4v) is 3.15. The molecule has 0 unspecified atom stereocenters. The molecular formula is C17H25ClF2N2O3. The highest BCUT2D eigenvalue weighted by molar-refractivity contribution is 5.85. The maximum Gasteiger partial charge on any atom is 0.387 e. The zero-order chi connectivity index (χ0) is 17.5. The summed E-state index contributed by atoms with van der Waals surface area (Å²) in [5.74, 6) is -0.620. The van der Waals surface area contributed by atoms with Crippen molar-refractivity contribution in [1.29, 1.82) is 0 Å². The molecule has 1 N–H and O–H groups in total. The van der Waals surface area contributed by atoms with E-state index < -0.39 is 12.6 Å².